The minimum atomic E-state index is -1.20. The molecule has 140 valence electrons. The van der Waals surface area contributed by atoms with Crippen molar-refractivity contribution in [3.8, 4) is 6.07 Å². The van der Waals surface area contributed by atoms with Crippen molar-refractivity contribution in [2.45, 2.75) is 19.3 Å². The van der Waals surface area contributed by atoms with Crippen LogP contribution in [0.25, 0.3) is 0 Å². The maximum absolute atomic E-state index is 13.9. The fourth-order valence-corrected chi connectivity index (χ4v) is 4.30. The molecule has 0 bridgehead atoms. The number of hydrogen-bond donors (Lipinski definition) is 0. The molecular weight excluding hydrogens is 352 g/mol. The summed E-state index contributed by atoms with van der Waals surface area (Å²) in [7, 11) is 1.79. The number of benzene rings is 1. The molecule has 1 aliphatic carbocycles. The molecule has 0 radical (unpaired) electrons. The summed E-state index contributed by atoms with van der Waals surface area (Å²) in [5.41, 5.74) is 0.0186. The molecule has 2 heterocycles. The Bertz CT molecular complexity index is 1090. The van der Waals surface area contributed by atoms with E-state index in [9.17, 15) is 14.9 Å². The first-order chi connectivity index (χ1) is 13.3. The number of ketones is 1. The lowest BCUT2D eigenvalue weighted by Crippen LogP contribution is -2.56. The van der Waals surface area contributed by atoms with Crippen LogP contribution in [0.4, 0.5) is 5.69 Å². The van der Waals surface area contributed by atoms with E-state index in [-0.39, 0.29) is 17.3 Å². The van der Waals surface area contributed by atoms with E-state index in [1.807, 2.05) is 42.5 Å². The number of aromatic nitrogens is 2. The molecule has 2 aromatic rings. The lowest BCUT2D eigenvalue weighted by molar-refractivity contribution is -0.125. The van der Waals surface area contributed by atoms with Crippen LogP contribution in [-0.4, -0.2) is 28.0 Å². The van der Waals surface area contributed by atoms with E-state index in [1.165, 1.54) is 0 Å². The Hall–Kier alpha value is -3.46. The first-order valence-corrected chi connectivity index (χ1v) is 9.07. The van der Waals surface area contributed by atoms with Gasteiger partial charge in [-0.3, -0.25) is 14.3 Å². The second-order valence-corrected chi connectivity index (χ2v) is 7.70. The number of allylic oxidation sites excluding steroid dienone is 1. The van der Waals surface area contributed by atoms with Crippen LogP contribution >= 0.6 is 0 Å². The smallest absolute Gasteiger partial charge is 0.246 e. The normalized spacial score (nSPS) is 23.6. The van der Waals surface area contributed by atoms with Gasteiger partial charge in [0, 0.05) is 19.8 Å². The van der Waals surface area contributed by atoms with E-state index in [1.54, 1.807) is 48.9 Å². The summed E-state index contributed by atoms with van der Waals surface area (Å²) in [4.78, 5) is 28.5. The van der Waals surface area contributed by atoms with Gasteiger partial charge in [-0.25, -0.2) is 0 Å². The highest BCUT2D eigenvalue weighted by Crippen LogP contribution is 2.52. The molecular formula is C22H20N4O2. The highest BCUT2D eigenvalue weighted by molar-refractivity contribution is 6.15. The maximum atomic E-state index is 13.9. The zero-order chi connectivity index (χ0) is 20.1. The molecule has 0 N–H and O–H groups in total. The summed E-state index contributed by atoms with van der Waals surface area (Å²) in [6, 6.07) is 11.4. The standard InChI is InChI=1S/C22H20N4O2/c1-21(2)18-9-10-26(17-13-24-25(3)14-17)20(28)22(18,11-15(12-23)19(21)27)16-7-5-4-6-8-16/h4-9,11,13-14H,10H2,1-3H3/t22-/m1/s1. The average molecular weight is 372 g/mol. The number of aryl methyl sites for hydroxylation is 1. The van der Waals surface area contributed by atoms with Gasteiger partial charge in [0.25, 0.3) is 0 Å². The van der Waals surface area contributed by atoms with Crippen molar-refractivity contribution in [1.82, 2.24) is 9.78 Å². The van der Waals surface area contributed by atoms with Crippen LogP contribution in [0.3, 0.4) is 0 Å². The summed E-state index contributed by atoms with van der Waals surface area (Å²) in [6.45, 7) is 3.92. The number of hydrogen-bond acceptors (Lipinski definition) is 4. The molecule has 0 saturated heterocycles. The largest absolute Gasteiger partial charge is 0.304 e. The highest BCUT2D eigenvalue weighted by Gasteiger charge is 2.57. The van der Waals surface area contributed by atoms with Crippen LogP contribution < -0.4 is 4.90 Å². The van der Waals surface area contributed by atoms with Gasteiger partial charge in [-0.05, 0) is 31.1 Å². The van der Waals surface area contributed by atoms with Crippen molar-refractivity contribution in [2.24, 2.45) is 12.5 Å². The molecule has 4 rings (SSSR count). The topological polar surface area (TPSA) is 79.0 Å². The molecule has 0 unspecified atom stereocenters. The van der Waals surface area contributed by atoms with E-state index in [0.717, 1.165) is 11.1 Å². The van der Waals surface area contributed by atoms with Gasteiger partial charge in [-0.1, -0.05) is 36.4 Å². The van der Waals surface area contributed by atoms with Gasteiger partial charge < -0.3 is 4.90 Å². The fourth-order valence-electron chi connectivity index (χ4n) is 4.30. The van der Waals surface area contributed by atoms with Gasteiger partial charge in [-0.15, -0.1) is 0 Å². The molecule has 1 aromatic heterocycles. The molecule has 2 aliphatic rings. The van der Waals surface area contributed by atoms with Gasteiger partial charge in [0.15, 0.2) is 5.78 Å². The minimum absolute atomic E-state index is 0.0207. The van der Waals surface area contributed by atoms with Crippen molar-refractivity contribution < 1.29 is 9.59 Å². The van der Waals surface area contributed by atoms with Gasteiger partial charge in [0.1, 0.15) is 11.5 Å². The first kappa shape index (κ1) is 17.9. The van der Waals surface area contributed by atoms with Crippen LogP contribution in [-0.2, 0) is 22.1 Å². The number of carbonyl (C=O) groups excluding carboxylic acids is 2. The van der Waals surface area contributed by atoms with Crippen LogP contribution in [0.5, 0.6) is 0 Å². The quantitative estimate of drug-likeness (QED) is 0.759. The van der Waals surface area contributed by atoms with Gasteiger partial charge in [0.05, 0.1) is 22.9 Å². The number of nitriles is 1. The lowest BCUT2D eigenvalue weighted by Gasteiger charge is -2.48. The number of anilines is 1. The fraction of sp³-hybridized carbons (Fsp3) is 0.273. The number of fused-ring (bicyclic) bond motifs is 1. The van der Waals surface area contributed by atoms with E-state index in [0.29, 0.717) is 12.2 Å². The summed E-state index contributed by atoms with van der Waals surface area (Å²) in [6.07, 6.45) is 6.92. The Morgan fingerprint density at radius 3 is 2.50 bits per heavy atom. The Kier molecular flexibility index (Phi) is 3.86. The SMILES string of the molecule is Cn1cc(N2CC=C3C(C)(C)C(=O)C(C#N)=C[C@]3(c3ccccc3)C2=O)cn1. The maximum Gasteiger partial charge on any atom is 0.246 e. The molecule has 1 atom stereocenters. The molecule has 0 spiro atoms. The predicted octanol–water partition coefficient (Wildman–Crippen LogP) is 2.69. The van der Waals surface area contributed by atoms with Crippen molar-refractivity contribution in [2.75, 3.05) is 11.4 Å². The number of amides is 1. The molecule has 6 nitrogen and oxygen atoms in total. The number of rotatable bonds is 2. The summed E-state index contributed by atoms with van der Waals surface area (Å²) in [5, 5.41) is 13.8. The molecule has 28 heavy (non-hydrogen) atoms. The lowest BCUT2D eigenvalue weighted by atomic mass is 9.56. The summed E-state index contributed by atoms with van der Waals surface area (Å²) >= 11 is 0. The predicted molar refractivity (Wildman–Crippen MR) is 104 cm³/mol. The van der Waals surface area contributed by atoms with Crippen molar-refractivity contribution >= 4 is 17.4 Å². The van der Waals surface area contributed by atoms with Gasteiger partial charge >= 0.3 is 0 Å². The van der Waals surface area contributed by atoms with E-state index < -0.39 is 10.8 Å². The van der Waals surface area contributed by atoms with E-state index in [2.05, 4.69) is 5.10 Å². The third-order valence-corrected chi connectivity index (χ3v) is 5.68. The minimum Gasteiger partial charge on any atom is -0.304 e. The highest BCUT2D eigenvalue weighted by atomic mass is 16.2. The Balaban J connectivity index is 2.03. The van der Waals surface area contributed by atoms with Gasteiger partial charge in [-0.2, -0.15) is 10.4 Å². The zero-order valence-corrected chi connectivity index (χ0v) is 16.0. The molecule has 1 amide bonds. The third kappa shape index (κ3) is 2.29. The van der Waals surface area contributed by atoms with Crippen molar-refractivity contribution in [1.29, 1.82) is 5.26 Å². The number of Topliss-reactive ketones (excluding diaryl/α,β-unsaturated/α-hetero) is 1. The third-order valence-electron chi connectivity index (χ3n) is 5.68. The van der Waals surface area contributed by atoms with E-state index >= 15 is 0 Å². The van der Waals surface area contributed by atoms with Crippen molar-refractivity contribution in [3.05, 3.63) is 71.6 Å². The second kappa shape index (κ2) is 6.03. The molecule has 0 saturated carbocycles. The van der Waals surface area contributed by atoms with Crippen LogP contribution in [0.1, 0.15) is 19.4 Å². The van der Waals surface area contributed by atoms with Crippen molar-refractivity contribution in [3.63, 3.8) is 0 Å². The number of nitrogens with zero attached hydrogens (tertiary/aromatic N) is 4. The second-order valence-electron chi connectivity index (χ2n) is 7.70. The zero-order valence-electron chi connectivity index (χ0n) is 16.0. The monoisotopic (exact) mass is 372 g/mol. The van der Waals surface area contributed by atoms with Gasteiger partial charge in [0.2, 0.25) is 5.91 Å². The molecule has 1 aromatic carbocycles. The first-order valence-electron chi connectivity index (χ1n) is 9.07. The molecule has 0 fully saturated rings. The summed E-state index contributed by atoms with van der Waals surface area (Å²) < 4.78 is 1.64. The summed E-state index contributed by atoms with van der Waals surface area (Å²) in [5.74, 6) is -0.437. The number of carbonyl (C=O) groups is 2. The molecule has 6 heteroatoms. The Morgan fingerprint density at radius 2 is 1.89 bits per heavy atom. The average Bonchev–Trinajstić information content (AvgIpc) is 3.12. The molecule has 1 aliphatic heterocycles. The van der Waals surface area contributed by atoms with Crippen LogP contribution in [0, 0.1) is 16.7 Å². The van der Waals surface area contributed by atoms with Crippen LogP contribution in [0.15, 0.2) is 66.0 Å². The van der Waals surface area contributed by atoms with E-state index in [4.69, 9.17) is 0 Å². The van der Waals surface area contributed by atoms with Crippen LogP contribution in [0.2, 0.25) is 0 Å². The Labute approximate surface area is 163 Å². The Morgan fingerprint density at radius 1 is 1.18 bits per heavy atom.